The molecular formula is C37H44AlLi. The first kappa shape index (κ1) is 30.0. The van der Waals surface area contributed by atoms with Gasteiger partial charge in [-0.3, -0.25) is 0 Å². The number of aryl methyl sites for hydroxylation is 8. The average molecular weight is 523 g/mol. The van der Waals surface area contributed by atoms with Gasteiger partial charge in [-0.15, -0.1) is 4.43 Å². The molecule has 39 heavy (non-hydrogen) atoms. The van der Waals surface area contributed by atoms with E-state index in [9.17, 15) is 0 Å². The van der Waals surface area contributed by atoms with E-state index in [1.165, 1.54) is 68.2 Å². The molecule has 0 aliphatic carbocycles. The number of rotatable bonds is 4. The van der Waals surface area contributed by atoms with Gasteiger partial charge in [0, 0.05) is 0 Å². The van der Waals surface area contributed by atoms with E-state index in [1.54, 1.807) is 15.6 Å². The van der Waals surface area contributed by atoms with Crippen molar-refractivity contribution in [3.05, 3.63) is 134 Å². The summed E-state index contributed by atoms with van der Waals surface area (Å²) in [5.74, 6) is 0.453. The first-order valence-electron chi connectivity index (χ1n) is 14.4. The second-order valence-electron chi connectivity index (χ2n) is 12.5. The largest absolute Gasteiger partial charge is 1.00 e. The van der Waals surface area contributed by atoms with E-state index in [4.69, 9.17) is 0 Å². The third-order valence-corrected chi connectivity index (χ3v) is 13.1. The van der Waals surface area contributed by atoms with E-state index >= 15 is 0 Å². The molecule has 2 heteroatoms. The average Bonchev–Trinajstić information content (AvgIpc) is 2.81. The minimum absolute atomic E-state index is 0. The third-order valence-electron chi connectivity index (χ3n) is 8.78. The first-order chi connectivity index (χ1) is 18.1. The smallest absolute Gasteiger partial charge is 1.00 e. The van der Waals surface area contributed by atoms with Crippen molar-refractivity contribution in [2.24, 2.45) is 0 Å². The molecule has 196 valence electrons. The van der Waals surface area contributed by atoms with Crippen LogP contribution in [-0.4, -0.2) is 14.1 Å². The molecule has 0 saturated carbocycles. The van der Waals surface area contributed by atoms with E-state index in [1.807, 2.05) is 0 Å². The maximum atomic E-state index is 2.54. The fraction of sp³-hybridized carbons (Fsp3) is 0.351. The Kier molecular flexibility index (Phi) is 9.12. The van der Waals surface area contributed by atoms with Crippen LogP contribution in [0.3, 0.4) is 0 Å². The van der Waals surface area contributed by atoms with Gasteiger partial charge in [0.2, 0.25) is 0 Å². The Morgan fingerprint density at radius 2 is 0.897 bits per heavy atom. The van der Waals surface area contributed by atoms with Crippen molar-refractivity contribution in [1.29, 1.82) is 0 Å². The summed E-state index contributed by atoms with van der Waals surface area (Å²) in [4.78, 5) is 0. The van der Waals surface area contributed by atoms with Crippen molar-refractivity contribution in [2.45, 2.75) is 83.7 Å². The second kappa shape index (κ2) is 11.9. The normalized spacial score (nSPS) is 16.6. The summed E-state index contributed by atoms with van der Waals surface area (Å²) in [6.07, 6.45) is 2.54. The molecule has 1 atom stereocenters. The monoisotopic (exact) mass is 522 g/mol. The molecule has 0 amide bonds. The molecule has 4 aromatic carbocycles. The van der Waals surface area contributed by atoms with Gasteiger partial charge in [-0.1, -0.05) is 129 Å². The Bertz CT molecular complexity index is 1310. The van der Waals surface area contributed by atoms with Crippen molar-refractivity contribution in [1.82, 2.24) is 0 Å². The van der Waals surface area contributed by atoms with E-state index in [2.05, 4.69) is 128 Å². The second-order valence-corrected chi connectivity index (χ2v) is 15.8. The molecular weight excluding hydrogens is 478 g/mol. The predicted octanol–water partition coefficient (Wildman–Crippen LogP) is 6.08. The molecule has 1 aliphatic rings. The number of hydrogen-bond donors (Lipinski definition) is 0. The van der Waals surface area contributed by atoms with Crippen LogP contribution < -0.4 is 23.3 Å². The predicted molar refractivity (Wildman–Crippen MR) is 168 cm³/mol. The maximum absolute atomic E-state index is 2.54. The summed E-state index contributed by atoms with van der Waals surface area (Å²) in [6, 6.07) is 29.6. The summed E-state index contributed by atoms with van der Waals surface area (Å²) in [7, 11) is 0. The maximum Gasteiger partial charge on any atom is 1.00 e. The Hall–Kier alpha value is -1.99. The van der Waals surface area contributed by atoms with E-state index in [0.29, 0.717) is 5.92 Å². The Balaban J connectivity index is 0.00000220. The molecule has 0 nitrogen and oxygen atoms in total. The van der Waals surface area contributed by atoms with Gasteiger partial charge in [0.15, 0.2) is 0 Å². The fourth-order valence-electron chi connectivity index (χ4n) is 7.90. The van der Waals surface area contributed by atoms with Gasteiger partial charge < -0.3 is 1.43 Å². The zero-order valence-corrected chi connectivity index (χ0v) is 26.9. The summed E-state index contributed by atoms with van der Waals surface area (Å²) in [5, 5.41) is 1.34. The van der Waals surface area contributed by atoms with Crippen molar-refractivity contribution < 1.29 is 20.3 Å². The van der Waals surface area contributed by atoms with Crippen LogP contribution in [0.1, 0.15) is 81.4 Å². The molecule has 0 aromatic heterocycles. The van der Waals surface area contributed by atoms with Gasteiger partial charge in [0.25, 0.3) is 0 Å². The molecule has 5 rings (SSSR count). The van der Waals surface area contributed by atoms with E-state index < -0.39 is 14.1 Å². The third kappa shape index (κ3) is 5.90. The Morgan fingerprint density at radius 1 is 0.538 bits per heavy atom. The molecule has 1 unspecified atom stereocenters. The summed E-state index contributed by atoms with van der Waals surface area (Å²) in [5.41, 5.74) is 15.7. The zero-order valence-electron chi connectivity index (χ0n) is 26.7. The van der Waals surface area contributed by atoms with Crippen LogP contribution in [0.5, 0.6) is 0 Å². The Morgan fingerprint density at radius 3 is 1.31 bits per heavy atom. The van der Waals surface area contributed by atoms with Gasteiger partial charge >= 0.3 is 33.0 Å². The van der Waals surface area contributed by atoms with Crippen LogP contribution in [0.25, 0.3) is 0 Å². The Labute approximate surface area is 255 Å². The van der Waals surface area contributed by atoms with Crippen molar-refractivity contribution >= 4 is 18.6 Å². The quantitative estimate of drug-likeness (QED) is 0.285. The van der Waals surface area contributed by atoms with Crippen LogP contribution in [0.15, 0.2) is 72.8 Å². The molecule has 1 heterocycles. The van der Waals surface area contributed by atoms with E-state index in [0.717, 1.165) is 0 Å². The molecule has 1 aliphatic heterocycles. The molecule has 0 bridgehead atoms. The summed E-state index contributed by atoms with van der Waals surface area (Å²) >= 11 is -1.59. The van der Waals surface area contributed by atoms with Crippen LogP contribution in [0.2, 0.25) is 5.28 Å². The minimum atomic E-state index is -1.59. The molecule has 1 fully saturated rings. The van der Waals surface area contributed by atoms with Crippen molar-refractivity contribution in [3.63, 3.8) is 0 Å². The standard InChI is InChI=1S/C29H34.C8H9.Al.Li.H/c1-8-9-28(25-13-19(2)10-20(3)14-25)29(26-15-21(4)11-22(5)16-26)27-17-23(6)12-24(7)18-27;1-7-4-3-5-8(2)6-7;;;/h10-18,28H,1,8-9H2,2-7H3;4-6H,1-2H3;;;/q;;;+1;-1. The van der Waals surface area contributed by atoms with Gasteiger partial charge in [-0.2, -0.15) is 0 Å². The van der Waals surface area contributed by atoms with Crippen molar-refractivity contribution in [3.8, 4) is 0 Å². The molecule has 0 N–H and O–H groups in total. The molecule has 4 aromatic rings. The zero-order chi connectivity index (χ0) is 27.2. The van der Waals surface area contributed by atoms with Crippen LogP contribution in [0.4, 0.5) is 0 Å². The van der Waals surface area contributed by atoms with Crippen LogP contribution >= 0.6 is 0 Å². The molecule has 0 spiro atoms. The number of benzene rings is 4. The molecule has 0 radical (unpaired) electrons. The first-order valence-corrected chi connectivity index (χ1v) is 16.4. The fourth-order valence-corrected chi connectivity index (χ4v) is 12.8. The van der Waals surface area contributed by atoms with Gasteiger partial charge in [-0.25, -0.2) is 0 Å². The topological polar surface area (TPSA) is 0 Å². The van der Waals surface area contributed by atoms with Crippen molar-refractivity contribution in [2.75, 3.05) is 0 Å². The minimum Gasteiger partial charge on any atom is -1.00 e. The van der Waals surface area contributed by atoms with Crippen LogP contribution in [0, 0.1) is 55.4 Å². The van der Waals surface area contributed by atoms with Crippen LogP contribution in [-0.2, 0) is 4.28 Å². The van der Waals surface area contributed by atoms with Gasteiger partial charge in [-0.05, 0) is 88.7 Å². The summed E-state index contributed by atoms with van der Waals surface area (Å²) in [6.45, 7) is 18.2. The van der Waals surface area contributed by atoms with E-state index in [-0.39, 0.29) is 24.6 Å². The molecule has 1 saturated heterocycles. The van der Waals surface area contributed by atoms with Gasteiger partial charge in [0.05, 0.1) is 0 Å². The number of hydrogen-bond acceptors (Lipinski definition) is 0. The van der Waals surface area contributed by atoms with Gasteiger partial charge in [0.1, 0.15) is 0 Å². The SMILES string of the molecule is Cc1cc(C)cc(C2CC[CH2][Al]([c]3cc(C)cc(C)c3)[C]2(c2cc(C)cc(C)c2)c2cc(C)cc(C)c2)c1.[H-].[Li+]. The summed E-state index contributed by atoms with van der Waals surface area (Å²) < 4.78 is 1.61.